The number of ether oxygens (including phenoxy) is 3. The van der Waals surface area contributed by atoms with Crippen molar-refractivity contribution in [1.82, 2.24) is 0 Å². The molecule has 9 heteroatoms. The van der Waals surface area contributed by atoms with E-state index in [4.69, 9.17) is 14.2 Å². The fourth-order valence-electron chi connectivity index (χ4n) is 8.13. The van der Waals surface area contributed by atoms with E-state index < -0.39 is 76.2 Å². The summed E-state index contributed by atoms with van der Waals surface area (Å²) in [7, 11) is 0. The van der Waals surface area contributed by atoms with Crippen LogP contribution < -0.4 is 0 Å². The summed E-state index contributed by atoms with van der Waals surface area (Å²) in [5.74, 6) is -4.86. The van der Waals surface area contributed by atoms with Gasteiger partial charge in [-0.25, -0.2) is 0 Å². The van der Waals surface area contributed by atoms with Crippen molar-refractivity contribution in [2.24, 2.45) is 34.0 Å². The van der Waals surface area contributed by atoms with Gasteiger partial charge in [-0.05, 0) is 24.3 Å². The van der Waals surface area contributed by atoms with Gasteiger partial charge in [-0.3, -0.25) is 24.0 Å². The topological polar surface area (TPSA) is 133 Å². The van der Waals surface area contributed by atoms with E-state index in [-0.39, 0.29) is 24.5 Å². The van der Waals surface area contributed by atoms with E-state index in [2.05, 4.69) is 6.58 Å². The highest BCUT2D eigenvalue weighted by atomic mass is 16.6. The van der Waals surface area contributed by atoms with Crippen molar-refractivity contribution in [3.05, 3.63) is 12.2 Å². The summed E-state index contributed by atoms with van der Waals surface area (Å²) in [6.07, 6.45) is -3.62. The van der Waals surface area contributed by atoms with Gasteiger partial charge in [0.15, 0.2) is 17.7 Å². The molecule has 4 saturated carbocycles. The molecule has 4 aliphatic rings. The lowest BCUT2D eigenvalue weighted by Gasteiger charge is -2.66. The zero-order chi connectivity index (χ0) is 26.2. The molecule has 1 spiro atoms. The van der Waals surface area contributed by atoms with Crippen LogP contribution in [0.4, 0.5) is 0 Å². The van der Waals surface area contributed by atoms with Crippen molar-refractivity contribution in [2.75, 3.05) is 0 Å². The normalized spacial score (nSPS) is 43.6. The predicted octanol–water partition coefficient (Wildman–Crippen LogP) is 1.93. The first-order valence-corrected chi connectivity index (χ1v) is 12.1. The van der Waals surface area contributed by atoms with Crippen LogP contribution in [0, 0.1) is 34.0 Å². The lowest BCUT2D eigenvalue weighted by molar-refractivity contribution is -0.263. The number of carbonyl (C=O) groups is 5. The van der Waals surface area contributed by atoms with Crippen LogP contribution in [0.3, 0.4) is 0 Å². The molecular weight excluding hydrogens is 456 g/mol. The van der Waals surface area contributed by atoms with Gasteiger partial charge in [0, 0.05) is 49.9 Å². The van der Waals surface area contributed by atoms with Gasteiger partial charge in [0.25, 0.3) is 0 Å². The Morgan fingerprint density at radius 3 is 2.06 bits per heavy atom. The first-order valence-electron chi connectivity index (χ1n) is 12.1. The lowest BCUT2D eigenvalue weighted by atomic mass is 9.38. The number of allylic oxidation sites excluding steroid dienone is 1. The van der Waals surface area contributed by atoms with Crippen LogP contribution >= 0.6 is 0 Å². The molecule has 0 amide bonds. The van der Waals surface area contributed by atoms with Crippen LogP contribution in [0.25, 0.3) is 0 Å². The van der Waals surface area contributed by atoms with Crippen molar-refractivity contribution >= 4 is 29.5 Å². The van der Waals surface area contributed by atoms with Crippen LogP contribution in [0.15, 0.2) is 12.2 Å². The monoisotopic (exact) mass is 490 g/mol. The quantitative estimate of drug-likeness (QED) is 0.358. The molecule has 0 aromatic carbocycles. The van der Waals surface area contributed by atoms with Crippen molar-refractivity contribution in [2.45, 2.75) is 85.2 Å². The summed E-state index contributed by atoms with van der Waals surface area (Å²) in [5.41, 5.74) is -3.41. The number of Topliss-reactive ketones (excluding diaryl/α,β-unsaturated/α-hetero) is 2. The fraction of sp³-hybridized carbons (Fsp3) is 0.731. The zero-order valence-corrected chi connectivity index (χ0v) is 21.1. The summed E-state index contributed by atoms with van der Waals surface area (Å²) in [5, 5.41) is 11.1. The number of carbonyl (C=O) groups excluding carboxylic acids is 5. The molecule has 0 heterocycles. The molecule has 0 radical (unpaired) electrons. The summed E-state index contributed by atoms with van der Waals surface area (Å²) in [6, 6.07) is 0. The number of hydrogen-bond acceptors (Lipinski definition) is 9. The minimum absolute atomic E-state index is 0.0447. The van der Waals surface area contributed by atoms with Crippen molar-refractivity contribution in [3.8, 4) is 0 Å². The van der Waals surface area contributed by atoms with E-state index in [0.29, 0.717) is 12.0 Å². The van der Waals surface area contributed by atoms with E-state index in [0.717, 1.165) is 0 Å². The largest absolute Gasteiger partial charge is 0.462 e. The van der Waals surface area contributed by atoms with Crippen LogP contribution in [0.1, 0.15) is 60.8 Å². The number of aliphatic hydroxyl groups is 1. The highest BCUT2D eigenvalue weighted by Gasteiger charge is 2.79. The Hall–Kier alpha value is -2.55. The molecule has 9 atom stereocenters. The molecule has 9 nitrogen and oxygen atoms in total. The third-order valence-electron chi connectivity index (χ3n) is 9.18. The van der Waals surface area contributed by atoms with E-state index in [9.17, 15) is 29.1 Å². The molecule has 192 valence electrons. The summed E-state index contributed by atoms with van der Waals surface area (Å²) >= 11 is 0. The minimum Gasteiger partial charge on any atom is -0.462 e. The molecule has 0 aromatic rings. The summed E-state index contributed by atoms with van der Waals surface area (Å²) < 4.78 is 17.1. The SMILES string of the molecule is C=C1C(=O)[C@]23C[C@H]1C[C@H](OC(C)=O)[C@H]2[C@]1(C)[C@@H](OC(C)=O)C[C@H](O)C(C)(C)[C@@H]1C(=O)[C@@H]3OC(C)=O. The zero-order valence-electron chi connectivity index (χ0n) is 21.1. The number of aliphatic hydroxyl groups excluding tert-OH is 1. The van der Waals surface area contributed by atoms with Gasteiger partial charge in [-0.15, -0.1) is 0 Å². The number of esters is 3. The third kappa shape index (κ3) is 3.33. The van der Waals surface area contributed by atoms with Gasteiger partial charge < -0.3 is 19.3 Å². The Morgan fingerprint density at radius 2 is 1.51 bits per heavy atom. The van der Waals surface area contributed by atoms with E-state index in [1.807, 2.05) is 0 Å². The van der Waals surface area contributed by atoms with Gasteiger partial charge in [-0.1, -0.05) is 27.4 Å². The maximum Gasteiger partial charge on any atom is 0.303 e. The molecule has 1 N–H and O–H groups in total. The summed E-state index contributed by atoms with van der Waals surface area (Å²) in [6.45, 7) is 12.9. The van der Waals surface area contributed by atoms with Crippen molar-refractivity contribution < 1.29 is 43.3 Å². The highest BCUT2D eigenvalue weighted by Crippen LogP contribution is 2.71. The van der Waals surface area contributed by atoms with Gasteiger partial charge in [0.2, 0.25) is 0 Å². The molecule has 0 aliphatic heterocycles. The molecule has 35 heavy (non-hydrogen) atoms. The van der Waals surface area contributed by atoms with Crippen LogP contribution in [-0.4, -0.2) is 59.0 Å². The van der Waals surface area contributed by atoms with Crippen LogP contribution in [0.5, 0.6) is 0 Å². The Labute approximate surface area is 204 Å². The second-order valence-electron chi connectivity index (χ2n) is 11.5. The average Bonchev–Trinajstić information content (AvgIpc) is 2.90. The lowest BCUT2D eigenvalue weighted by Crippen LogP contribution is -2.75. The molecule has 0 aromatic heterocycles. The Bertz CT molecular complexity index is 1030. The predicted molar refractivity (Wildman–Crippen MR) is 120 cm³/mol. The van der Waals surface area contributed by atoms with Gasteiger partial charge in [0.05, 0.1) is 11.5 Å². The third-order valence-corrected chi connectivity index (χ3v) is 9.18. The maximum atomic E-state index is 14.3. The van der Waals surface area contributed by atoms with Gasteiger partial charge in [-0.2, -0.15) is 0 Å². The number of ketones is 2. The standard InChI is InChI=1S/C26H34O9/c1-11-15-8-16(33-12(2)27)20-25(7)18(34-13(3)28)9-17(30)24(5,6)21(25)19(31)23(35-14(4)29)26(20,10-15)22(11)32/h15-18,20-21,23,30H,1,8-10H2,2-7H3/t15-,16+,17+,18+,20+,21+,23+,25+,26+/m1/s1. The van der Waals surface area contributed by atoms with Crippen molar-refractivity contribution in [3.63, 3.8) is 0 Å². The molecule has 2 bridgehead atoms. The van der Waals surface area contributed by atoms with E-state index in [1.54, 1.807) is 20.8 Å². The Balaban J connectivity index is 2.04. The van der Waals surface area contributed by atoms with E-state index >= 15 is 0 Å². The summed E-state index contributed by atoms with van der Waals surface area (Å²) in [4.78, 5) is 64.8. The van der Waals surface area contributed by atoms with Gasteiger partial charge >= 0.3 is 17.9 Å². The van der Waals surface area contributed by atoms with Gasteiger partial charge in [0.1, 0.15) is 12.2 Å². The molecule has 4 aliphatic carbocycles. The molecule has 0 unspecified atom stereocenters. The fourth-order valence-corrected chi connectivity index (χ4v) is 8.13. The number of hydrogen-bond donors (Lipinski definition) is 1. The highest BCUT2D eigenvalue weighted by molar-refractivity contribution is 6.08. The smallest absolute Gasteiger partial charge is 0.303 e. The first-order chi connectivity index (χ1) is 16.1. The molecule has 0 saturated heterocycles. The average molecular weight is 491 g/mol. The maximum absolute atomic E-state index is 14.3. The van der Waals surface area contributed by atoms with E-state index in [1.165, 1.54) is 20.8 Å². The Kier molecular flexibility index (Phi) is 5.82. The Morgan fingerprint density at radius 1 is 0.943 bits per heavy atom. The number of fused-ring (bicyclic) bond motifs is 3. The van der Waals surface area contributed by atoms with Crippen LogP contribution in [0.2, 0.25) is 0 Å². The number of rotatable bonds is 3. The molecular formula is C26H34O9. The second-order valence-corrected chi connectivity index (χ2v) is 11.5. The minimum atomic E-state index is -1.51. The molecule has 4 fully saturated rings. The second kappa shape index (κ2) is 7.98. The molecule has 4 rings (SSSR count). The first kappa shape index (κ1) is 25.5. The van der Waals surface area contributed by atoms with Crippen LogP contribution in [-0.2, 0) is 38.2 Å². The van der Waals surface area contributed by atoms with Crippen molar-refractivity contribution in [1.29, 1.82) is 0 Å².